The third-order valence-electron chi connectivity index (χ3n) is 5.56. The molecule has 8 nitrogen and oxygen atoms in total. The van der Waals surface area contributed by atoms with Crippen LogP contribution < -0.4 is 0 Å². The van der Waals surface area contributed by atoms with Gasteiger partial charge in [-0.3, -0.25) is 0 Å². The molecule has 2 heterocycles. The molecule has 0 spiro atoms. The van der Waals surface area contributed by atoms with Crippen LogP contribution in [0.15, 0.2) is 0 Å². The van der Waals surface area contributed by atoms with Crippen LogP contribution in [-0.2, 0) is 33.2 Å². The number of methoxy groups -OCH3 is 3. The van der Waals surface area contributed by atoms with E-state index in [0.29, 0.717) is 6.61 Å². The van der Waals surface area contributed by atoms with Gasteiger partial charge in [0.25, 0.3) is 0 Å². The molecule has 2 saturated heterocycles. The molecule has 0 amide bonds. The lowest BCUT2D eigenvalue weighted by Gasteiger charge is -2.56. The summed E-state index contributed by atoms with van der Waals surface area (Å²) in [6.45, 7) is 4.29. The molecule has 2 fully saturated rings. The van der Waals surface area contributed by atoms with E-state index in [2.05, 4.69) is 5.92 Å². The number of fused-ring (bicyclic) bond motifs is 1. The van der Waals surface area contributed by atoms with E-state index in [1.807, 2.05) is 0 Å². The minimum absolute atomic E-state index is 0.274. The van der Waals surface area contributed by atoms with Gasteiger partial charge in [-0.25, -0.2) is 0 Å². The molecule has 0 aromatic carbocycles. The summed E-state index contributed by atoms with van der Waals surface area (Å²) in [5.41, 5.74) is 0. The van der Waals surface area contributed by atoms with E-state index < -0.39 is 42.3 Å². The van der Waals surface area contributed by atoms with E-state index in [4.69, 9.17) is 39.6 Å². The van der Waals surface area contributed by atoms with E-state index in [1.165, 1.54) is 21.3 Å². The topological polar surface area (TPSA) is 84.8 Å². The number of aliphatic hydroxyl groups excluding tert-OH is 1. The van der Waals surface area contributed by atoms with E-state index in [9.17, 15) is 5.11 Å². The number of rotatable bonds is 10. The molecule has 2 aliphatic heterocycles. The van der Waals surface area contributed by atoms with E-state index in [0.717, 1.165) is 25.7 Å². The quantitative estimate of drug-likeness (QED) is 0.434. The Kier molecular flexibility index (Phi) is 8.67. The highest BCUT2D eigenvalue weighted by atomic mass is 16.8. The predicted octanol–water partition coefficient (Wildman–Crippen LogP) is 1.44. The molecular weight excluding hydrogens is 368 g/mol. The van der Waals surface area contributed by atoms with Crippen LogP contribution in [0.5, 0.6) is 0 Å². The SMILES string of the molecule is C#CCCCCCOCC1O[C@H](OC)C(O)C2OC(C)(OC)C(C)(OC)O[C@H]12. The lowest BCUT2D eigenvalue weighted by Crippen LogP contribution is -2.73. The summed E-state index contributed by atoms with van der Waals surface area (Å²) < 4.78 is 40.3. The van der Waals surface area contributed by atoms with Crippen LogP contribution in [0.4, 0.5) is 0 Å². The van der Waals surface area contributed by atoms with Gasteiger partial charge in [0.1, 0.15) is 24.4 Å². The Bertz CT molecular complexity index is 523. The van der Waals surface area contributed by atoms with Crippen LogP contribution in [0.2, 0.25) is 0 Å². The molecule has 5 unspecified atom stereocenters. The number of hydrogen-bond acceptors (Lipinski definition) is 8. The molecular formula is C20H34O8. The van der Waals surface area contributed by atoms with Gasteiger partial charge >= 0.3 is 0 Å². The summed E-state index contributed by atoms with van der Waals surface area (Å²) in [4.78, 5) is 0. The normalized spacial score (nSPS) is 40.7. The smallest absolute Gasteiger partial charge is 0.220 e. The highest BCUT2D eigenvalue weighted by molar-refractivity contribution is 5.00. The lowest BCUT2D eigenvalue weighted by molar-refractivity contribution is -0.479. The van der Waals surface area contributed by atoms with Gasteiger partial charge in [-0.2, -0.15) is 0 Å². The van der Waals surface area contributed by atoms with Gasteiger partial charge in [0.2, 0.25) is 11.6 Å². The van der Waals surface area contributed by atoms with Crippen molar-refractivity contribution in [3.8, 4) is 12.3 Å². The van der Waals surface area contributed by atoms with Crippen molar-refractivity contribution in [1.82, 2.24) is 0 Å². The first-order valence-corrected chi connectivity index (χ1v) is 9.69. The average molecular weight is 402 g/mol. The molecule has 0 aromatic rings. The zero-order valence-corrected chi connectivity index (χ0v) is 17.5. The molecule has 162 valence electrons. The standard InChI is InChI=1S/C20H34O8/c1-7-8-9-10-11-12-25-13-14-16-17(15(21)18(22-4)26-14)28-20(3,24-6)19(2,23-5)27-16/h1,14-18,21H,8-13H2,2-6H3/t14?,15?,16-,17?,18+,19?,20?/m1/s1. The third-order valence-corrected chi connectivity index (χ3v) is 5.56. The number of ether oxygens (including phenoxy) is 7. The maximum Gasteiger partial charge on any atom is 0.220 e. The van der Waals surface area contributed by atoms with Crippen molar-refractivity contribution in [1.29, 1.82) is 0 Å². The fraction of sp³-hybridized carbons (Fsp3) is 0.900. The van der Waals surface area contributed by atoms with Gasteiger partial charge in [0, 0.05) is 34.4 Å². The maximum atomic E-state index is 10.6. The minimum atomic E-state index is -1.22. The van der Waals surface area contributed by atoms with Gasteiger partial charge in [-0.15, -0.1) is 12.3 Å². The van der Waals surface area contributed by atoms with Crippen molar-refractivity contribution >= 4 is 0 Å². The van der Waals surface area contributed by atoms with Crippen molar-refractivity contribution in [2.75, 3.05) is 34.5 Å². The molecule has 28 heavy (non-hydrogen) atoms. The van der Waals surface area contributed by atoms with Gasteiger partial charge in [0.15, 0.2) is 6.29 Å². The van der Waals surface area contributed by atoms with Gasteiger partial charge in [-0.1, -0.05) is 6.42 Å². The Morgan fingerprint density at radius 2 is 1.64 bits per heavy atom. The summed E-state index contributed by atoms with van der Waals surface area (Å²) in [6.07, 6.45) is 5.19. The van der Waals surface area contributed by atoms with E-state index >= 15 is 0 Å². The molecule has 0 bridgehead atoms. The van der Waals surface area contributed by atoms with Crippen molar-refractivity contribution in [3.63, 3.8) is 0 Å². The Morgan fingerprint density at radius 3 is 2.21 bits per heavy atom. The third kappa shape index (κ3) is 4.86. The first-order chi connectivity index (χ1) is 13.4. The van der Waals surface area contributed by atoms with Crippen LogP contribution in [0, 0.1) is 12.3 Å². The summed E-state index contributed by atoms with van der Waals surface area (Å²) in [5.74, 6) is 0.215. The van der Waals surface area contributed by atoms with Gasteiger partial charge < -0.3 is 38.3 Å². The molecule has 8 heteroatoms. The zero-order valence-electron chi connectivity index (χ0n) is 17.5. The zero-order chi connectivity index (χ0) is 20.8. The summed E-state index contributed by atoms with van der Waals surface area (Å²) in [5, 5.41) is 10.6. The van der Waals surface area contributed by atoms with Gasteiger partial charge in [-0.05, 0) is 26.7 Å². The van der Waals surface area contributed by atoms with Crippen molar-refractivity contribution in [2.45, 2.75) is 81.8 Å². The Labute approximate surface area is 167 Å². The number of hydrogen-bond donors (Lipinski definition) is 1. The van der Waals surface area contributed by atoms with Crippen LogP contribution in [-0.4, -0.2) is 81.9 Å². The van der Waals surface area contributed by atoms with E-state index in [1.54, 1.807) is 13.8 Å². The molecule has 2 rings (SSSR count). The first kappa shape index (κ1) is 23.5. The van der Waals surface area contributed by atoms with Crippen molar-refractivity contribution in [2.24, 2.45) is 0 Å². The molecule has 0 aliphatic carbocycles. The van der Waals surface area contributed by atoms with Gasteiger partial charge in [0.05, 0.1) is 6.61 Å². The molecule has 0 aromatic heterocycles. The highest BCUT2D eigenvalue weighted by Gasteiger charge is 2.62. The molecule has 0 saturated carbocycles. The Hall–Kier alpha value is -0.760. The van der Waals surface area contributed by atoms with Crippen LogP contribution in [0.25, 0.3) is 0 Å². The summed E-state index contributed by atoms with van der Waals surface area (Å²) in [7, 11) is 4.48. The van der Waals surface area contributed by atoms with Crippen LogP contribution in [0.3, 0.4) is 0 Å². The molecule has 2 aliphatic rings. The van der Waals surface area contributed by atoms with Crippen molar-refractivity contribution in [3.05, 3.63) is 0 Å². The minimum Gasteiger partial charge on any atom is -0.385 e. The van der Waals surface area contributed by atoms with Crippen LogP contribution in [0.1, 0.15) is 39.5 Å². The van der Waals surface area contributed by atoms with Crippen LogP contribution >= 0.6 is 0 Å². The number of unbranched alkanes of at least 4 members (excludes halogenated alkanes) is 3. The number of aliphatic hydroxyl groups is 1. The monoisotopic (exact) mass is 402 g/mol. The Balaban J connectivity index is 2.04. The second-order valence-electron chi connectivity index (χ2n) is 7.32. The molecule has 7 atom stereocenters. The molecule has 0 radical (unpaired) electrons. The molecule has 1 N–H and O–H groups in total. The summed E-state index contributed by atoms with van der Waals surface area (Å²) >= 11 is 0. The Morgan fingerprint density at radius 1 is 1.00 bits per heavy atom. The second kappa shape index (κ2) is 10.3. The summed E-state index contributed by atoms with van der Waals surface area (Å²) in [6, 6.07) is 0. The fourth-order valence-electron chi connectivity index (χ4n) is 3.51. The lowest BCUT2D eigenvalue weighted by atomic mass is 9.94. The largest absolute Gasteiger partial charge is 0.385 e. The predicted molar refractivity (Wildman–Crippen MR) is 100 cm³/mol. The average Bonchev–Trinajstić information content (AvgIpc) is 2.70. The van der Waals surface area contributed by atoms with E-state index in [-0.39, 0.29) is 6.61 Å². The second-order valence-corrected chi connectivity index (χ2v) is 7.32. The fourth-order valence-corrected chi connectivity index (χ4v) is 3.51. The highest BCUT2D eigenvalue weighted by Crippen LogP contribution is 2.43. The van der Waals surface area contributed by atoms with Crippen molar-refractivity contribution < 1.29 is 38.3 Å². The first-order valence-electron chi connectivity index (χ1n) is 9.69. The number of terminal acetylenes is 1. The maximum absolute atomic E-state index is 10.6.